The van der Waals surface area contributed by atoms with E-state index in [-0.39, 0.29) is 0 Å². The summed E-state index contributed by atoms with van der Waals surface area (Å²) < 4.78 is 0. The van der Waals surface area contributed by atoms with Crippen LogP contribution < -0.4 is 0 Å². The molecule has 0 amide bonds. The van der Waals surface area contributed by atoms with Gasteiger partial charge >= 0.3 is 0 Å². The summed E-state index contributed by atoms with van der Waals surface area (Å²) in [6.45, 7) is 4.66. The van der Waals surface area contributed by atoms with E-state index in [9.17, 15) is 0 Å². The van der Waals surface area contributed by atoms with Crippen molar-refractivity contribution in [2.75, 3.05) is 0 Å². The number of rotatable bonds is 4. The monoisotopic (exact) mass is 232 g/mol. The van der Waals surface area contributed by atoms with Crippen molar-refractivity contribution in [2.24, 2.45) is 5.41 Å². The highest BCUT2D eigenvalue weighted by atomic mass is 31.1. The largest absolute Gasteiger partial charge is 0.126 e. The lowest BCUT2D eigenvalue weighted by Crippen LogP contribution is -2.41. The highest BCUT2D eigenvalue weighted by Gasteiger charge is 2.45. The van der Waals surface area contributed by atoms with Gasteiger partial charge in [0.1, 0.15) is 0 Å². The molecule has 0 bridgehead atoms. The smallest absolute Gasteiger partial charge is 0.00487 e. The van der Waals surface area contributed by atoms with Gasteiger partial charge in [0, 0.05) is 4.90 Å². The van der Waals surface area contributed by atoms with Gasteiger partial charge in [0.05, 0.1) is 0 Å². The maximum atomic E-state index is 3.14. The van der Waals surface area contributed by atoms with Gasteiger partial charge in [-0.25, -0.2) is 0 Å². The van der Waals surface area contributed by atoms with Crippen LogP contribution in [0.3, 0.4) is 0 Å². The topological polar surface area (TPSA) is 0 Å². The molecular formula is C12H26P2. The molecule has 1 aliphatic rings. The Morgan fingerprint density at radius 3 is 1.86 bits per heavy atom. The fourth-order valence-corrected chi connectivity index (χ4v) is 4.45. The third-order valence-corrected chi connectivity index (χ3v) is 5.74. The van der Waals surface area contributed by atoms with Crippen LogP contribution in [0.25, 0.3) is 0 Å². The van der Waals surface area contributed by atoms with Crippen molar-refractivity contribution in [3.05, 3.63) is 0 Å². The zero-order chi connectivity index (χ0) is 10.7. The third-order valence-electron chi connectivity index (χ3n) is 3.94. The molecule has 0 aliphatic heterocycles. The van der Waals surface area contributed by atoms with Gasteiger partial charge < -0.3 is 0 Å². The molecular weight excluding hydrogens is 206 g/mol. The second kappa shape index (κ2) is 5.27. The minimum Gasteiger partial charge on any atom is -0.126 e. The van der Waals surface area contributed by atoms with Gasteiger partial charge in [-0.3, -0.25) is 0 Å². The summed E-state index contributed by atoms with van der Waals surface area (Å²) in [5, 5.41) is 0. The Balaban J connectivity index is 2.80. The highest BCUT2D eigenvalue weighted by molar-refractivity contribution is 7.40. The summed E-state index contributed by atoms with van der Waals surface area (Å²) in [6, 6.07) is 0. The zero-order valence-corrected chi connectivity index (χ0v) is 12.1. The van der Waals surface area contributed by atoms with E-state index in [1.165, 1.54) is 51.4 Å². The van der Waals surface area contributed by atoms with Crippen LogP contribution in [0.2, 0.25) is 0 Å². The van der Waals surface area contributed by atoms with Crippen LogP contribution in [0.5, 0.6) is 0 Å². The van der Waals surface area contributed by atoms with Gasteiger partial charge in [-0.15, -0.1) is 18.5 Å². The van der Waals surface area contributed by atoms with Gasteiger partial charge in [-0.2, -0.15) is 0 Å². The Bertz CT molecular complexity index is 164. The molecule has 0 spiro atoms. The maximum absolute atomic E-state index is 3.14. The first kappa shape index (κ1) is 12.9. The normalized spacial score (nSPS) is 24.9. The van der Waals surface area contributed by atoms with E-state index < -0.39 is 0 Å². The lowest BCUT2D eigenvalue weighted by atomic mass is 9.67. The van der Waals surface area contributed by atoms with Crippen molar-refractivity contribution < 1.29 is 0 Å². The fraction of sp³-hybridized carbons (Fsp3) is 1.00. The molecule has 0 radical (unpaired) electrons. The average molecular weight is 232 g/mol. The van der Waals surface area contributed by atoms with Crippen LogP contribution in [-0.4, -0.2) is 4.90 Å². The maximum Gasteiger partial charge on any atom is 0.00487 e. The molecule has 84 valence electrons. The second-order valence-electron chi connectivity index (χ2n) is 5.03. The van der Waals surface area contributed by atoms with E-state index >= 15 is 0 Å². The number of hydrogen-bond acceptors (Lipinski definition) is 0. The molecule has 1 saturated carbocycles. The average Bonchev–Trinajstić information content (AvgIpc) is 2.11. The standard InChI is InChI=1S/C12H26P2/c1-3-7-11(8-4-2)9-5-6-10-12(11,13)14/h3-10,13-14H2,1-2H3. The van der Waals surface area contributed by atoms with Gasteiger partial charge in [0.25, 0.3) is 0 Å². The summed E-state index contributed by atoms with van der Waals surface area (Å²) in [7, 11) is 6.29. The van der Waals surface area contributed by atoms with Crippen molar-refractivity contribution in [3.63, 3.8) is 0 Å². The van der Waals surface area contributed by atoms with E-state index in [4.69, 9.17) is 0 Å². The molecule has 14 heavy (non-hydrogen) atoms. The summed E-state index contributed by atoms with van der Waals surface area (Å²) in [5.74, 6) is 0. The van der Waals surface area contributed by atoms with Crippen molar-refractivity contribution in [1.82, 2.24) is 0 Å². The first-order chi connectivity index (χ1) is 6.58. The Morgan fingerprint density at radius 2 is 1.43 bits per heavy atom. The third kappa shape index (κ3) is 2.51. The van der Waals surface area contributed by atoms with E-state index in [1.807, 2.05) is 0 Å². The van der Waals surface area contributed by atoms with E-state index in [1.54, 1.807) is 0 Å². The SMILES string of the molecule is CCCC1(CCC)CCCCC1(P)P. The molecule has 0 aromatic carbocycles. The van der Waals surface area contributed by atoms with Gasteiger partial charge in [0.2, 0.25) is 0 Å². The molecule has 0 saturated heterocycles. The van der Waals surface area contributed by atoms with Gasteiger partial charge in [-0.05, 0) is 31.1 Å². The minimum absolute atomic E-state index is 0.428. The van der Waals surface area contributed by atoms with Crippen molar-refractivity contribution >= 4 is 18.5 Å². The van der Waals surface area contributed by atoms with Crippen molar-refractivity contribution in [3.8, 4) is 0 Å². The quantitative estimate of drug-likeness (QED) is 0.622. The molecule has 1 rings (SSSR count). The predicted molar refractivity (Wildman–Crippen MR) is 72.9 cm³/mol. The summed E-state index contributed by atoms with van der Waals surface area (Å²) in [5.41, 5.74) is 0.601. The molecule has 0 N–H and O–H groups in total. The first-order valence-corrected chi connectivity index (χ1v) is 7.31. The summed E-state index contributed by atoms with van der Waals surface area (Å²) in [6.07, 6.45) is 11.2. The van der Waals surface area contributed by atoms with Crippen molar-refractivity contribution in [2.45, 2.75) is 70.1 Å². The molecule has 2 unspecified atom stereocenters. The Hall–Kier alpha value is 0.860. The zero-order valence-electron chi connectivity index (χ0n) is 9.81. The molecule has 1 aliphatic carbocycles. The van der Waals surface area contributed by atoms with Crippen LogP contribution in [0.1, 0.15) is 65.2 Å². The molecule has 0 nitrogen and oxygen atoms in total. The Kier molecular flexibility index (Phi) is 4.86. The second-order valence-corrected chi connectivity index (χ2v) is 7.75. The van der Waals surface area contributed by atoms with Crippen LogP contribution in [0.15, 0.2) is 0 Å². The molecule has 0 heterocycles. The van der Waals surface area contributed by atoms with Gasteiger partial charge in [0.15, 0.2) is 0 Å². The molecule has 1 fully saturated rings. The van der Waals surface area contributed by atoms with Crippen LogP contribution in [0.4, 0.5) is 0 Å². The Labute approximate surface area is 94.4 Å². The summed E-state index contributed by atoms with van der Waals surface area (Å²) >= 11 is 0. The molecule has 0 aromatic heterocycles. The lowest BCUT2D eigenvalue weighted by Gasteiger charge is -2.50. The predicted octanol–water partition coefficient (Wildman–Crippen LogP) is 4.59. The summed E-state index contributed by atoms with van der Waals surface area (Å²) in [4.78, 5) is 0.428. The van der Waals surface area contributed by atoms with Gasteiger partial charge in [-0.1, -0.05) is 39.5 Å². The fourth-order valence-electron chi connectivity index (χ4n) is 3.18. The van der Waals surface area contributed by atoms with Crippen LogP contribution in [0, 0.1) is 5.41 Å². The first-order valence-electron chi connectivity index (χ1n) is 6.16. The van der Waals surface area contributed by atoms with Crippen LogP contribution in [-0.2, 0) is 0 Å². The van der Waals surface area contributed by atoms with E-state index in [0.29, 0.717) is 10.3 Å². The Morgan fingerprint density at radius 1 is 0.929 bits per heavy atom. The van der Waals surface area contributed by atoms with Crippen LogP contribution >= 0.6 is 18.5 Å². The minimum atomic E-state index is 0.428. The van der Waals surface area contributed by atoms with Crippen molar-refractivity contribution in [1.29, 1.82) is 0 Å². The highest BCUT2D eigenvalue weighted by Crippen LogP contribution is 2.58. The molecule has 2 atom stereocenters. The van der Waals surface area contributed by atoms with E-state index in [0.717, 1.165) is 0 Å². The lowest BCUT2D eigenvalue weighted by molar-refractivity contribution is 0.146. The molecule has 2 heteroatoms. The number of hydrogen-bond donors (Lipinski definition) is 0. The molecule has 0 aromatic rings. The van der Waals surface area contributed by atoms with E-state index in [2.05, 4.69) is 32.3 Å².